The van der Waals surface area contributed by atoms with E-state index in [9.17, 15) is 4.79 Å². The monoisotopic (exact) mass is 275 g/mol. The van der Waals surface area contributed by atoms with Crippen LogP contribution in [0.1, 0.15) is 18.9 Å². The van der Waals surface area contributed by atoms with Gasteiger partial charge in [0.1, 0.15) is 10.5 Å². The van der Waals surface area contributed by atoms with E-state index in [-0.39, 0.29) is 5.97 Å². The first-order chi connectivity index (χ1) is 8.01. The number of nitrogens with one attached hydrogen (secondary N) is 1. The van der Waals surface area contributed by atoms with Gasteiger partial charge in [0.05, 0.1) is 7.11 Å². The molecule has 0 fully saturated rings. The Hall–Kier alpha value is -0.660. The Balaban J connectivity index is 2.64. The highest BCUT2D eigenvalue weighted by molar-refractivity contribution is 8.01. The molecule has 0 saturated carbocycles. The summed E-state index contributed by atoms with van der Waals surface area (Å²) in [4.78, 5) is 11.7. The van der Waals surface area contributed by atoms with E-state index in [1.54, 1.807) is 0 Å². The molecule has 0 amide bonds. The molecule has 1 unspecified atom stereocenters. The molecule has 1 aromatic heterocycles. The van der Waals surface area contributed by atoms with Gasteiger partial charge < -0.3 is 10.1 Å². The lowest BCUT2D eigenvalue weighted by Crippen LogP contribution is -2.52. The summed E-state index contributed by atoms with van der Waals surface area (Å²) in [5.74, 6) is 0.315. The smallest absolute Gasteiger partial charge is 0.326 e. The van der Waals surface area contributed by atoms with Gasteiger partial charge in [0.15, 0.2) is 4.34 Å². The Morgan fingerprint density at radius 1 is 1.59 bits per heavy atom. The summed E-state index contributed by atoms with van der Waals surface area (Å²) in [5.41, 5.74) is -0.687. The van der Waals surface area contributed by atoms with Crippen LogP contribution < -0.4 is 5.32 Å². The molecule has 7 heteroatoms. The van der Waals surface area contributed by atoms with Gasteiger partial charge in [-0.1, -0.05) is 30.0 Å². The highest BCUT2D eigenvalue weighted by atomic mass is 32.2. The normalized spacial score (nSPS) is 14.4. The quantitative estimate of drug-likeness (QED) is 0.627. The molecule has 0 aliphatic carbocycles. The van der Waals surface area contributed by atoms with Crippen LogP contribution in [0.3, 0.4) is 0 Å². The lowest BCUT2D eigenvalue weighted by Gasteiger charge is -2.26. The average molecular weight is 275 g/mol. The second-order valence-corrected chi connectivity index (χ2v) is 6.13. The molecule has 5 nitrogen and oxygen atoms in total. The van der Waals surface area contributed by atoms with Crippen LogP contribution in [0.4, 0.5) is 0 Å². The predicted octanol–water partition coefficient (Wildman–Crippen LogP) is 1.48. The van der Waals surface area contributed by atoms with Gasteiger partial charge in [-0.2, -0.15) is 0 Å². The number of nitrogens with zero attached hydrogens (tertiary/aromatic N) is 2. The Labute approximate surface area is 109 Å². The van der Waals surface area contributed by atoms with Crippen LogP contribution in [0.5, 0.6) is 0 Å². The van der Waals surface area contributed by atoms with Gasteiger partial charge in [0.25, 0.3) is 0 Å². The first-order valence-corrected chi connectivity index (χ1v) is 7.08. The van der Waals surface area contributed by atoms with Gasteiger partial charge in [-0.25, -0.2) is 0 Å². The fourth-order valence-corrected chi connectivity index (χ4v) is 3.26. The zero-order valence-corrected chi connectivity index (χ0v) is 12.1. The SMILES string of the molecule is CCNC(C)(CSc1nnc(C)s1)C(=O)OC. The second kappa shape index (κ2) is 6.32. The molecular weight excluding hydrogens is 258 g/mol. The number of carbonyl (C=O) groups is 1. The fraction of sp³-hybridized carbons (Fsp3) is 0.700. The molecule has 0 bridgehead atoms. The minimum atomic E-state index is -0.687. The number of rotatable bonds is 6. The van der Waals surface area contributed by atoms with Crippen LogP contribution in [0.25, 0.3) is 0 Å². The molecule has 0 aliphatic heterocycles. The van der Waals surface area contributed by atoms with E-state index >= 15 is 0 Å². The molecule has 1 rings (SSSR count). The summed E-state index contributed by atoms with van der Waals surface area (Å²) in [7, 11) is 1.40. The highest BCUT2D eigenvalue weighted by Gasteiger charge is 2.33. The van der Waals surface area contributed by atoms with Crippen LogP contribution >= 0.6 is 23.1 Å². The molecule has 17 heavy (non-hydrogen) atoms. The molecule has 0 aromatic carbocycles. The molecular formula is C10H17N3O2S2. The maximum absolute atomic E-state index is 11.7. The zero-order valence-electron chi connectivity index (χ0n) is 10.4. The van der Waals surface area contributed by atoms with E-state index in [0.29, 0.717) is 12.3 Å². The summed E-state index contributed by atoms with van der Waals surface area (Å²) in [6.45, 7) is 6.41. The van der Waals surface area contributed by atoms with E-state index in [1.807, 2.05) is 20.8 Å². The van der Waals surface area contributed by atoms with Crippen molar-refractivity contribution in [3.63, 3.8) is 0 Å². The maximum Gasteiger partial charge on any atom is 0.326 e. The predicted molar refractivity (Wildman–Crippen MR) is 69.5 cm³/mol. The number of esters is 1. The summed E-state index contributed by atoms with van der Waals surface area (Å²) in [6, 6.07) is 0. The largest absolute Gasteiger partial charge is 0.468 e. The molecule has 1 heterocycles. The van der Waals surface area contributed by atoms with E-state index in [1.165, 1.54) is 30.2 Å². The Bertz CT molecular complexity index is 383. The van der Waals surface area contributed by atoms with Crippen molar-refractivity contribution in [3.8, 4) is 0 Å². The fourth-order valence-electron chi connectivity index (χ4n) is 1.34. The van der Waals surface area contributed by atoms with Crippen LogP contribution in [0.15, 0.2) is 4.34 Å². The maximum atomic E-state index is 11.7. The summed E-state index contributed by atoms with van der Waals surface area (Å²) < 4.78 is 5.69. The average Bonchev–Trinajstić information content (AvgIpc) is 2.72. The van der Waals surface area contributed by atoms with Crippen LogP contribution in [0, 0.1) is 6.92 Å². The molecule has 1 atom stereocenters. The summed E-state index contributed by atoms with van der Waals surface area (Å²) in [6.07, 6.45) is 0. The number of hydrogen-bond donors (Lipinski definition) is 1. The number of thioether (sulfide) groups is 1. The Kier molecular flexibility index (Phi) is 5.35. The zero-order chi connectivity index (χ0) is 12.9. The van der Waals surface area contributed by atoms with E-state index in [0.717, 1.165) is 9.35 Å². The van der Waals surface area contributed by atoms with Gasteiger partial charge in [-0.15, -0.1) is 10.2 Å². The second-order valence-electron chi connectivity index (χ2n) is 3.73. The number of hydrogen-bond acceptors (Lipinski definition) is 7. The molecule has 96 valence electrons. The van der Waals surface area contributed by atoms with Crippen molar-refractivity contribution < 1.29 is 9.53 Å². The van der Waals surface area contributed by atoms with Crippen molar-refractivity contribution in [1.29, 1.82) is 0 Å². The molecule has 0 aliphatic rings. The summed E-state index contributed by atoms with van der Waals surface area (Å²) in [5, 5.41) is 12.0. The number of carbonyl (C=O) groups excluding carboxylic acids is 1. The lowest BCUT2D eigenvalue weighted by atomic mass is 10.1. The van der Waals surface area contributed by atoms with E-state index in [4.69, 9.17) is 4.74 Å². The van der Waals surface area contributed by atoms with Crippen molar-refractivity contribution in [2.45, 2.75) is 30.6 Å². The standard InChI is InChI=1S/C10H17N3O2S2/c1-5-11-10(3,8(14)15-4)6-16-9-13-12-7(2)17-9/h11H,5-6H2,1-4H3. The molecule has 1 N–H and O–H groups in total. The van der Waals surface area contributed by atoms with Gasteiger partial charge in [0, 0.05) is 5.75 Å². The number of aromatic nitrogens is 2. The van der Waals surface area contributed by atoms with E-state index in [2.05, 4.69) is 15.5 Å². The minimum absolute atomic E-state index is 0.256. The molecule has 1 aromatic rings. The van der Waals surface area contributed by atoms with Gasteiger partial charge in [-0.3, -0.25) is 4.79 Å². The first kappa shape index (κ1) is 14.4. The summed E-state index contributed by atoms with van der Waals surface area (Å²) >= 11 is 3.04. The van der Waals surface area contributed by atoms with Crippen molar-refractivity contribution >= 4 is 29.1 Å². The van der Waals surface area contributed by atoms with Crippen molar-refractivity contribution in [2.24, 2.45) is 0 Å². The van der Waals surface area contributed by atoms with Gasteiger partial charge in [0.2, 0.25) is 0 Å². The van der Waals surface area contributed by atoms with Crippen LogP contribution in [0.2, 0.25) is 0 Å². The number of likely N-dealkylation sites (N-methyl/N-ethyl adjacent to an activating group) is 1. The number of methoxy groups -OCH3 is 1. The Morgan fingerprint density at radius 2 is 2.29 bits per heavy atom. The topological polar surface area (TPSA) is 64.1 Å². The molecule has 0 spiro atoms. The van der Waals surface area contributed by atoms with Crippen LogP contribution in [-0.4, -0.2) is 41.1 Å². The van der Waals surface area contributed by atoms with Crippen molar-refractivity contribution in [2.75, 3.05) is 19.4 Å². The lowest BCUT2D eigenvalue weighted by molar-refractivity contribution is -0.146. The first-order valence-electron chi connectivity index (χ1n) is 5.28. The third-order valence-electron chi connectivity index (χ3n) is 2.19. The van der Waals surface area contributed by atoms with Crippen molar-refractivity contribution in [3.05, 3.63) is 5.01 Å². The van der Waals surface area contributed by atoms with Crippen LogP contribution in [-0.2, 0) is 9.53 Å². The van der Waals surface area contributed by atoms with E-state index < -0.39 is 5.54 Å². The number of aryl methyl sites for hydroxylation is 1. The minimum Gasteiger partial charge on any atom is -0.468 e. The van der Waals surface area contributed by atoms with Gasteiger partial charge >= 0.3 is 5.97 Å². The van der Waals surface area contributed by atoms with Crippen molar-refractivity contribution in [1.82, 2.24) is 15.5 Å². The number of ether oxygens (including phenoxy) is 1. The third kappa shape index (κ3) is 3.93. The third-order valence-corrected chi connectivity index (χ3v) is 4.48. The van der Waals surface area contributed by atoms with Gasteiger partial charge in [-0.05, 0) is 20.4 Å². The molecule has 0 saturated heterocycles. The highest BCUT2D eigenvalue weighted by Crippen LogP contribution is 2.26. The Morgan fingerprint density at radius 3 is 2.76 bits per heavy atom. The molecule has 0 radical (unpaired) electrons.